The molecule has 160 valence electrons. The molecule has 0 fully saturated rings. The quantitative estimate of drug-likeness (QED) is 0.311. The smallest absolute Gasteiger partial charge is 0.271 e. The number of nitrogens with one attached hydrogen (secondary N) is 2. The Labute approximate surface area is 182 Å². The third-order valence-electron chi connectivity index (χ3n) is 4.17. The van der Waals surface area contributed by atoms with E-state index in [0.29, 0.717) is 28.9 Å². The maximum Gasteiger partial charge on any atom is 0.271 e. The zero-order chi connectivity index (χ0) is 22.4. The highest BCUT2D eigenvalue weighted by molar-refractivity contribution is 7.99. The van der Waals surface area contributed by atoms with Crippen LogP contribution in [0.3, 0.4) is 0 Å². The summed E-state index contributed by atoms with van der Waals surface area (Å²) in [7, 11) is 0. The fourth-order valence-corrected chi connectivity index (χ4v) is 3.63. The van der Waals surface area contributed by atoms with Crippen LogP contribution in [0.5, 0.6) is 0 Å². The summed E-state index contributed by atoms with van der Waals surface area (Å²) in [6.07, 6.45) is 0. The first-order valence-electron chi connectivity index (χ1n) is 9.35. The molecule has 3 aromatic rings. The van der Waals surface area contributed by atoms with Crippen molar-refractivity contribution in [1.29, 1.82) is 0 Å². The molecule has 2 amide bonds. The van der Waals surface area contributed by atoms with E-state index in [9.17, 15) is 19.7 Å². The van der Waals surface area contributed by atoms with Gasteiger partial charge in [-0.2, -0.15) is 0 Å². The van der Waals surface area contributed by atoms with Crippen LogP contribution in [-0.4, -0.2) is 37.3 Å². The number of non-ortho nitro benzene ring substituents is 1. The highest BCUT2D eigenvalue weighted by atomic mass is 32.2. The molecule has 0 atom stereocenters. The molecule has 11 heteroatoms. The van der Waals surface area contributed by atoms with Crippen molar-refractivity contribution in [3.8, 4) is 11.4 Å². The number of hydrogen-bond acceptors (Lipinski definition) is 7. The minimum atomic E-state index is -0.516. The van der Waals surface area contributed by atoms with Crippen molar-refractivity contribution in [1.82, 2.24) is 14.8 Å². The molecule has 0 saturated heterocycles. The van der Waals surface area contributed by atoms with Crippen LogP contribution < -0.4 is 10.6 Å². The van der Waals surface area contributed by atoms with Crippen LogP contribution in [-0.2, 0) is 16.1 Å². The van der Waals surface area contributed by atoms with E-state index in [-0.39, 0.29) is 23.3 Å². The molecule has 1 aromatic heterocycles. The monoisotopic (exact) mass is 440 g/mol. The number of amides is 2. The molecule has 0 radical (unpaired) electrons. The molecule has 0 bridgehead atoms. The van der Waals surface area contributed by atoms with E-state index in [0.717, 1.165) is 5.56 Å². The molecule has 2 N–H and O–H groups in total. The van der Waals surface area contributed by atoms with E-state index in [1.165, 1.54) is 36.9 Å². The molecular formula is C20H20N6O4S. The molecule has 0 aliphatic rings. The normalized spacial score (nSPS) is 10.5. The lowest BCUT2D eigenvalue weighted by Crippen LogP contribution is -2.14. The van der Waals surface area contributed by atoms with Crippen molar-refractivity contribution in [2.75, 3.05) is 16.4 Å². The van der Waals surface area contributed by atoms with Crippen LogP contribution >= 0.6 is 11.8 Å². The van der Waals surface area contributed by atoms with Crippen molar-refractivity contribution in [3.05, 3.63) is 58.6 Å². The van der Waals surface area contributed by atoms with Gasteiger partial charge in [0.05, 0.1) is 10.7 Å². The number of nitro groups is 1. The largest absolute Gasteiger partial charge is 0.326 e. The third-order valence-corrected chi connectivity index (χ3v) is 5.14. The van der Waals surface area contributed by atoms with Crippen LogP contribution in [0.15, 0.2) is 53.7 Å². The maximum absolute atomic E-state index is 12.3. The van der Waals surface area contributed by atoms with Gasteiger partial charge in [0.2, 0.25) is 11.8 Å². The molecule has 0 unspecified atom stereocenters. The van der Waals surface area contributed by atoms with Crippen LogP contribution in [0.4, 0.5) is 17.1 Å². The molecule has 0 aliphatic heterocycles. The Morgan fingerprint density at radius 1 is 1.10 bits per heavy atom. The number of nitro benzene ring substituents is 1. The summed E-state index contributed by atoms with van der Waals surface area (Å²) in [4.78, 5) is 33.8. The van der Waals surface area contributed by atoms with E-state index in [2.05, 4.69) is 20.8 Å². The number of carbonyl (C=O) groups excluding carboxylic acids is 2. The topological polar surface area (TPSA) is 132 Å². The standard InChI is InChI=1S/C20H20N6O4S/c1-3-25-19(14-7-9-15(10-8-14)21-13(2)27)23-24-20(25)31-12-18(28)22-16-5-4-6-17(11-16)26(29)30/h4-11H,3,12H2,1-2H3,(H,21,27)(H,22,28). The summed E-state index contributed by atoms with van der Waals surface area (Å²) in [6.45, 7) is 4.00. The van der Waals surface area contributed by atoms with Gasteiger partial charge < -0.3 is 15.2 Å². The average molecular weight is 440 g/mol. The number of aromatic nitrogens is 3. The molecule has 3 rings (SSSR count). The van der Waals surface area contributed by atoms with Crippen molar-refractivity contribution in [2.24, 2.45) is 0 Å². The van der Waals surface area contributed by atoms with Crippen molar-refractivity contribution >= 4 is 40.6 Å². The van der Waals surface area contributed by atoms with Gasteiger partial charge in [-0.05, 0) is 37.3 Å². The summed E-state index contributed by atoms with van der Waals surface area (Å²) >= 11 is 1.22. The highest BCUT2D eigenvalue weighted by Gasteiger charge is 2.15. The lowest BCUT2D eigenvalue weighted by molar-refractivity contribution is -0.384. The van der Waals surface area contributed by atoms with E-state index in [4.69, 9.17) is 0 Å². The highest BCUT2D eigenvalue weighted by Crippen LogP contribution is 2.25. The number of nitrogens with zero attached hydrogens (tertiary/aromatic N) is 4. The number of rotatable bonds is 8. The summed E-state index contributed by atoms with van der Waals surface area (Å²) in [5, 5.41) is 25.2. The molecule has 0 saturated carbocycles. The minimum Gasteiger partial charge on any atom is -0.326 e. The summed E-state index contributed by atoms with van der Waals surface area (Å²) in [5.41, 5.74) is 1.78. The van der Waals surface area contributed by atoms with Crippen LogP contribution in [0.2, 0.25) is 0 Å². The molecule has 2 aromatic carbocycles. The number of carbonyl (C=O) groups is 2. The van der Waals surface area contributed by atoms with E-state index in [1.54, 1.807) is 18.2 Å². The maximum atomic E-state index is 12.3. The van der Waals surface area contributed by atoms with Gasteiger partial charge in [0.1, 0.15) is 0 Å². The first kappa shape index (κ1) is 22.0. The second-order valence-electron chi connectivity index (χ2n) is 6.45. The van der Waals surface area contributed by atoms with Gasteiger partial charge >= 0.3 is 0 Å². The third kappa shape index (κ3) is 5.66. The van der Waals surface area contributed by atoms with Gasteiger partial charge in [-0.1, -0.05) is 17.8 Å². The Hall–Kier alpha value is -3.73. The van der Waals surface area contributed by atoms with Gasteiger partial charge in [-0.25, -0.2) is 0 Å². The first-order valence-corrected chi connectivity index (χ1v) is 10.3. The van der Waals surface area contributed by atoms with E-state index < -0.39 is 4.92 Å². The molecule has 0 aliphatic carbocycles. The predicted molar refractivity (Wildman–Crippen MR) is 118 cm³/mol. The Morgan fingerprint density at radius 3 is 2.48 bits per heavy atom. The fourth-order valence-electron chi connectivity index (χ4n) is 2.82. The van der Waals surface area contributed by atoms with Gasteiger partial charge in [0.25, 0.3) is 5.69 Å². The molecular weight excluding hydrogens is 420 g/mol. The van der Waals surface area contributed by atoms with Crippen LogP contribution in [0, 0.1) is 10.1 Å². The number of thioether (sulfide) groups is 1. The van der Waals surface area contributed by atoms with Crippen molar-refractivity contribution in [3.63, 3.8) is 0 Å². The number of anilines is 2. The van der Waals surface area contributed by atoms with Gasteiger partial charge in [-0.3, -0.25) is 19.7 Å². The average Bonchev–Trinajstić information content (AvgIpc) is 3.15. The molecule has 0 spiro atoms. The van der Waals surface area contributed by atoms with Crippen LogP contribution in [0.1, 0.15) is 13.8 Å². The second kappa shape index (κ2) is 9.85. The summed E-state index contributed by atoms with van der Waals surface area (Å²) in [5.74, 6) is 0.268. The number of benzene rings is 2. The first-order chi connectivity index (χ1) is 14.9. The zero-order valence-corrected chi connectivity index (χ0v) is 17.7. The fraction of sp³-hybridized carbons (Fsp3) is 0.200. The Bertz CT molecular complexity index is 1110. The van der Waals surface area contributed by atoms with Gasteiger partial charge in [-0.15, -0.1) is 10.2 Å². The van der Waals surface area contributed by atoms with Crippen molar-refractivity contribution in [2.45, 2.75) is 25.5 Å². The minimum absolute atomic E-state index is 0.0717. The Balaban J connectivity index is 1.67. The zero-order valence-electron chi connectivity index (χ0n) is 16.9. The second-order valence-corrected chi connectivity index (χ2v) is 7.40. The SMILES string of the molecule is CCn1c(SCC(=O)Nc2cccc([N+](=O)[O-])c2)nnc1-c1ccc(NC(C)=O)cc1. The van der Waals surface area contributed by atoms with E-state index >= 15 is 0 Å². The van der Waals surface area contributed by atoms with Crippen molar-refractivity contribution < 1.29 is 14.5 Å². The predicted octanol–water partition coefficient (Wildman–Crippen LogP) is 3.56. The lowest BCUT2D eigenvalue weighted by Gasteiger charge is -2.09. The molecule has 1 heterocycles. The summed E-state index contributed by atoms with van der Waals surface area (Å²) in [6, 6.07) is 13.0. The molecule has 31 heavy (non-hydrogen) atoms. The van der Waals surface area contributed by atoms with Gasteiger partial charge in [0.15, 0.2) is 11.0 Å². The van der Waals surface area contributed by atoms with Gasteiger partial charge in [0, 0.05) is 42.5 Å². The Morgan fingerprint density at radius 2 is 1.84 bits per heavy atom. The van der Waals surface area contributed by atoms with E-state index in [1.807, 2.05) is 23.6 Å². The molecule has 10 nitrogen and oxygen atoms in total. The number of hydrogen-bond donors (Lipinski definition) is 2. The summed E-state index contributed by atoms with van der Waals surface area (Å²) < 4.78 is 1.89. The lowest BCUT2D eigenvalue weighted by atomic mass is 10.2. The Kier molecular flexibility index (Phi) is 6.98. The van der Waals surface area contributed by atoms with Crippen LogP contribution in [0.25, 0.3) is 11.4 Å².